The molecule has 5 heteroatoms. The fraction of sp³-hybridized carbons (Fsp3) is 0.300. The fourth-order valence-corrected chi connectivity index (χ4v) is 1.83. The van der Waals surface area contributed by atoms with Crippen molar-refractivity contribution in [2.24, 2.45) is 11.5 Å². The zero-order chi connectivity index (χ0) is 10.8. The van der Waals surface area contributed by atoms with E-state index in [1.807, 2.05) is 18.2 Å². The third-order valence-electron chi connectivity index (χ3n) is 2.18. The van der Waals surface area contributed by atoms with Crippen LogP contribution >= 0.6 is 15.9 Å². The minimum absolute atomic E-state index is 0.228. The van der Waals surface area contributed by atoms with Crippen LogP contribution < -0.4 is 11.5 Å². The molecule has 2 rings (SSSR count). The van der Waals surface area contributed by atoms with Crippen LogP contribution in [0.3, 0.4) is 0 Å². The summed E-state index contributed by atoms with van der Waals surface area (Å²) >= 11 is 3.41. The highest BCUT2D eigenvalue weighted by Gasteiger charge is 2.14. The normalized spacial score (nSPS) is 13.3. The molecule has 1 aromatic carbocycles. The van der Waals surface area contributed by atoms with Crippen molar-refractivity contribution in [3.8, 4) is 0 Å². The predicted octanol–water partition coefficient (Wildman–Crippen LogP) is 1.94. The molecule has 0 amide bonds. The number of nitrogens with zero attached hydrogens (tertiary/aromatic N) is 1. The van der Waals surface area contributed by atoms with Gasteiger partial charge in [0.05, 0.1) is 6.04 Å². The number of para-hydroxylation sites is 1. The van der Waals surface area contributed by atoms with Gasteiger partial charge in [0, 0.05) is 4.47 Å². The van der Waals surface area contributed by atoms with E-state index in [0.29, 0.717) is 18.9 Å². The summed E-state index contributed by atoms with van der Waals surface area (Å²) in [5.74, 6) is 0.544. The molecule has 1 aromatic heterocycles. The van der Waals surface area contributed by atoms with Gasteiger partial charge in [-0.3, -0.25) is 0 Å². The quantitative estimate of drug-likeness (QED) is 0.893. The predicted molar refractivity (Wildman–Crippen MR) is 62.3 cm³/mol. The summed E-state index contributed by atoms with van der Waals surface area (Å²) in [6, 6.07) is 5.46. The van der Waals surface area contributed by atoms with Crippen LogP contribution in [0.15, 0.2) is 27.1 Å². The summed E-state index contributed by atoms with van der Waals surface area (Å²) in [4.78, 5) is 4.34. The lowest BCUT2D eigenvalue weighted by molar-refractivity contribution is 0.462. The van der Waals surface area contributed by atoms with Gasteiger partial charge in [-0.2, -0.15) is 0 Å². The molecule has 0 radical (unpaired) electrons. The SMILES string of the molecule is NCCC(N)c1nc2c(Br)cccc2o1. The first-order chi connectivity index (χ1) is 7.22. The monoisotopic (exact) mass is 269 g/mol. The van der Waals surface area contributed by atoms with Crippen molar-refractivity contribution in [2.45, 2.75) is 12.5 Å². The number of benzene rings is 1. The van der Waals surface area contributed by atoms with E-state index in [1.54, 1.807) is 0 Å². The number of oxazole rings is 1. The van der Waals surface area contributed by atoms with Gasteiger partial charge in [-0.05, 0) is 41.0 Å². The largest absolute Gasteiger partial charge is 0.439 e. The van der Waals surface area contributed by atoms with E-state index in [0.717, 1.165) is 15.6 Å². The maximum atomic E-state index is 5.87. The van der Waals surface area contributed by atoms with Crippen LogP contribution in [0.1, 0.15) is 18.4 Å². The first kappa shape index (κ1) is 10.6. The Morgan fingerprint density at radius 3 is 2.93 bits per heavy atom. The van der Waals surface area contributed by atoms with Gasteiger partial charge in [-0.15, -0.1) is 0 Å². The molecule has 0 fully saturated rings. The Morgan fingerprint density at radius 1 is 1.47 bits per heavy atom. The molecule has 4 N–H and O–H groups in total. The maximum absolute atomic E-state index is 5.87. The van der Waals surface area contributed by atoms with Gasteiger partial charge in [-0.1, -0.05) is 6.07 Å². The van der Waals surface area contributed by atoms with E-state index >= 15 is 0 Å². The van der Waals surface area contributed by atoms with Crippen molar-refractivity contribution in [1.82, 2.24) is 4.98 Å². The summed E-state index contributed by atoms with van der Waals surface area (Å²) < 4.78 is 6.45. The van der Waals surface area contributed by atoms with Crippen LogP contribution in [0.2, 0.25) is 0 Å². The van der Waals surface area contributed by atoms with Gasteiger partial charge >= 0.3 is 0 Å². The Kier molecular flexibility index (Phi) is 3.04. The number of halogens is 1. The number of rotatable bonds is 3. The van der Waals surface area contributed by atoms with E-state index in [1.165, 1.54) is 0 Å². The molecule has 2 aromatic rings. The summed E-state index contributed by atoms with van der Waals surface area (Å²) in [5, 5.41) is 0. The molecule has 0 aliphatic rings. The molecule has 80 valence electrons. The third kappa shape index (κ3) is 2.04. The van der Waals surface area contributed by atoms with Gasteiger partial charge in [0.25, 0.3) is 0 Å². The molecular formula is C10H12BrN3O. The number of aromatic nitrogens is 1. The minimum atomic E-state index is -0.228. The van der Waals surface area contributed by atoms with Crippen molar-refractivity contribution < 1.29 is 4.42 Å². The number of nitrogens with two attached hydrogens (primary N) is 2. The lowest BCUT2D eigenvalue weighted by Gasteiger charge is -2.03. The third-order valence-corrected chi connectivity index (χ3v) is 2.82. The highest BCUT2D eigenvalue weighted by Crippen LogP contribution is 2.26. The maximum Gasteiger partial charge on any atom is 0.212 e. The van der Waals surface area contributed by atoms with Gasteiger partial charge in [0.2, 0.25) is 5.89 Å². The topological polar surface area (TPSA) is 78.1 Å². The molecule has 4 nitrogen and oxygen atoms in total. The first-order valence-electron chi connectivity index (χ1n) is 4.73. The number of hydrogen-bond acceptors (Lipinski definition) is 4. The molecule has 1 unspecified atom stereocenters. The zero-order valence-corrected chi connectivity index (χ0v) is 9.70. The Hall–Kier alpha value is -0.910. The summed E-state index contributed by atoms with van der Waals surface area (Å²) in [6.07, 6.45) is 0.671. The highest BCUT2D eigenvalue weighted by molar-refractivity contribution is 9.10. The second-order valence-electron chi connectivity index (χ2n) is 3.32. The van der Waals surface area contributed by atoms with Crippen molar-refractivity contribution in [1.29, 1.82) is 0 Å². The molecule has 1 atom stereocenters. The Balaban J connectivity index is 2.43. The second-order valence-corrected chi connectivity index (χ2v) is 4.18. The average Bonchev–Trinajstić information content (AvgIpc) is 2.63. The second kappa shape index (κ2) is 4.30. The fourth-order valence-electron chi connectivity index (χ4n) is 1.39. The van der Waals surface area contributed by atoms with Crippen molar-refractivity contribution in [3.05, 3.63) is 28.6 Å². The van der Waals surface area contributed by atoms with E-state index in [2.05, 4.69) is 20.9 Å². The van der Waals surface area contributed by atoms with Gasteiger partial charge < -0.3 is 15.9 Å². The average molecular weight is 270 g/mol. The van der Waals surface area contributed by atoms with Crippen molar-refractivity contribution >= 4 is 27.0 Å². The molecule has 1 heterocycles. The smallest absolute Gasteiger partial charge is 0.212 e. The van der Waals surface area contributed by atoms with E-state index < -0.39 is 0 Å². The molecule has 15 heavy (non-hydrogen) atoms. The van der Waals surface area contributed by atoms with Gasteiger partial charge in [0.1, 0.15) is 5.52 Å². The van der Waals surface area contributed by atoms with E-state index in [9.17, 15) is 0 Å². The van der Waals surface area contributed by atoms with Crippen LogP contribution in [-0.4, -0.2) is 11.5 Å². The molecule has 0 spiro atoms. The summed E-state index contributed by atoms with van der Waals surface area (Å²) in [7, 11) is 0. The van der Waals surface area contributed by atoms with Crippen LogP contribution in [0.4, 0.5) is 0 Å². The van der Waals surface area contributed by atoms with Crippen molar-refractivity contribution in [3.63, 3.8) is 0 Å². The van der Waals surface area contributed by atoms with Gasteiger partial charge in [0.15, 0.2) is 5.58 Å². The Morgan fingerprint density at radius 2 is 2.27 bits per heavy atom. The first-order valence-corrected chi connectivity index (χ1v) is 5.52. The Bertz CT molecular complexity index is 469. The molecule has 0 aliphatic heterocycles. The summed E-state index contributed by atoms with van der Waals surface area (Å²) in [6.45, 7) is 0.529. The molecule has 0 aliphatic carbocycles. The zero-order valence-electron chi connectivity index (χ0n) is 8.11. The summed E-state index contributed by atoms with van der Waals surface area (Å²) in [5.41, 5.74) is 12.8. The molecular weight excluding hydrogens is 258 g/mol. The van der Waals surface area contributed by atoms with Crippen molar-refractivity contribution in [2.75, 3.05) is 6.54 Å². The lowest BCUT2D eigenvalue weighted by Crippen LogP contribution is -2.15. The molecule has 0 saturated heterocycles. The lowest BCUT2D eigenvalue weighted by atomic mass is 10.2. The van der Waals surface area contributed by atoms with Crippen LogP contribution in [0.25, 0.3) is 11.1 Å². The van der Waals surface area contributed by atoms with Crippen LogP contribution in [-0.2, 0) is 0 Å². The van der Waals surface area contributed by atoms with Crippen LogP contribution in [0.5, 0.6) is 0 Å². The van der Waals surface area contributed by atoms with Crippen LogP contribution in [0, 0.1) is 0 Å². The highest BCUT2D eigenvalue weighted by atomic mass is 79.9. The standard InChI is InChI=1S/C10H12BrN3O/c11-6-2-1-3-8-9(6)14-10(15-8)7(13)4-5-12/h1-3,7H,4-5,12-13H2. The molecule has 0 bridgehead atoms. The van der Waals surface area contributed by atoms with E-state index in [-0.39, 0.29) is 6.04 Å². The number of hydrogen-bond donors (Lipinski definition) is 2. The Labute approximate surface area is 95.8 Å². The van der Waals surface area contributed by atoms with Gasteiger partial charge in [-0.25, -0.2) is 4.98 Å². The number of fused-ring (bicyclic) bond motifs is 1. The van der Waals surface area contributed by atoms with E-state index in [4.69, 9.17) is 15.9 Å². The minimum Gasteiger partial charge on any atom is -0.439 e. The molecule has 0 saturated carbocycles.